The van der Waals surface area contributed by atoms with Crippen molar-refractivity contribution in [1.29, 1.82) is 0 Å². The lowest BCUT2D eigenvalue weighted by Crippen LogP contribution is -2.37. The van der Waals surface area contributed by atoms with Gasteiger partial charge in [-0.15, -0.1) is 0 Å². The number of rotatable bonds is 7. The topological polar surface area (TPSA) is 28.2 Å². The predicted octanol–water partition coefficient (Wildman–Crippen LogP) is 2.83. The van der Waals surface area contributed by atoms with Gasteiger partial charge in [0.1, 0.15) is 0 Å². The highest BCUT2D eigenvalue weighted by Gasteiger charge is 2.12. The van der Waals surface area contributed by atoms with E-state index >= 15 is 0 Å². The standard InChI is InChI=1S/C16H27N3/c1-2-19(14-15-8-10-17-11-9-15)13-12-18-16-6-4-3-5-7-16/h8-11,16,18H,2-7,12-14H2,1H3. The summed E-state index contributed by atoms with van der Waals surface area (Å²) in [5, 5.41) is 3.72. The second-order valence-electron chi connectivity index (χ2n) is 5.51. The number of nitrogens with zero attached hydrogens (tertiary/aromatic N) is 2. The van der Waals surface area contributed by atoms with Gasteiger partial charge in [0.15, 0.2) is 0 Å². The Bertz CT molecular complexity index is 333. The number of likely N-dealkylation sites (N-methyl/N-ethyl adjacent to an activating group) is 1. The van der Waals surface area contributed by atoms with Crippen LogP contribution in [0.25, 0.3) is 0 Å². The van der Waals surface area contributed by atoms with Crippen molar-refractivity contribution in [2.45, 2.75) is 51.6 Å². The van der Waals surface area contributed by atoms with Gasteiger partial charge in [-0.2, -0.15) is 0 Å². The van der Waals surface area contributed by atoms with Gasteiger partial charge in [-0.1, -0.05) is 26.2 Å². The van der Waals surface area contributed by atoms with Gasteiger partial charge in [-0.25, -0.2) is 0 Å². The maximum absolute atomic E-state index is 4.07. The first kappa shape index (κ1) is 14.5. The summed E-state index contributed by atoms with van der Waals surface area (Å²) in [6.07, 6.45) is 10.7. The van der Waals surface area contributed by atoms with Crippen molar-refractivity contribution < 1.29 is 0 Å². The molecule has 0 amide bonds. The molecule has 3 nitrogen and oxygen atoms in total. The third kappa shape index (κ3) is 5.29. The lowest BCUT2D eigenvalue weighted by molar-refractivity contribution is 0.266. The molecule has 0 aromatic carbocycles. The van der Waals surface area contributed by atoms with Crippen molar-refractivity contribution in [3.05, 3.63) is 30.1 Å². The lowest BCUT2D eigenvalue weighted by atomic mass is 9.95. The van der Waals surface area contributed by atoms with Crippen LogP contribution < -0.4 is 5.32 Å². The highest BCUT2D eigenvalue weighted by molar-refractivity contribution is 5.09. The van der Waals surface area contributed by atoms with Crippen LogP contribution in [0.3, 0.4) is 0 Å². The Kier molecular flexibility index (Phi) is 6.31. The van der Waals surface area contributed by atoms with Crippen molar-refractivity contribution in [3.63, 3.8) is 0 Å². The minimum atomic E-state index is 0.772. The third-order valence-electron chi connectivity index (χ3n) is 4.07. The summed E-state index contributed by atoms with van der Waals surface area (Å²) in [4.78, 5) is 6.56. The van der Waals surface area contributed by atoms with Gasteiger partial charge >= 0.3 is 0 Å². The summed E-state index contributed by atoms with van der Waals surface area (Å²) in [6.45, 7) is 6.63. The molecule has 1 fully saturated rings. The van der Waals surface area contributed by atoms with Gasteiger partial charge in [-0.3, -0.25) is 9.88 Å². The van der Waals surface area contributed by atoms with E-state index in [2.05, 4.69) is 34.3 Å². The van der Waals surface area contributed by atoms with Crippen LogP contribution in [-0.4, -0.2) is 35.6 Å². The Morgan fingerprint density at radius 2 is 1.95 bits per heavy atom. The van der Waals surface area contributed by atoms with Crippen LogP contribution in [0.1, 0.15) is 44.6 Å². The lowest BCUT2D eigenvalue weighted by Gasteiger charge is -2.25. The van der Waals surface area contributed by atoms with Crippen LogP contribution >= 0.6 is 0 Å². The summed E-state index contributed by atoms with van der Waals surface area (Å²) in [7, 11) is 0. The van der Waals surface area contributed by atoms with E-state index in [1.807, 2.05) is 12.4 Å². The summed E-state index contributed by atoms with van der Waals surface area (Å²) in [5.74, 6) is 0. The fourth-order valence-corrected chi connectivity index (χ4v) is 2.83. The van der Waals surface area contributed by atoms with E-state index < -0.39 is 0 Å². The zero-order chi connectivity index (χ0) is 13.3. The van der Waals surface area contributed by atoms with Gasteiger partial charge in [0.25, 0.3) is 0 Å². The first-order valence-corrected chi connectivity index (χ1v) is 7.73. The smallest absolute Gasteiger partial charge is 0.0271 e. The number of aromatic nitrogens is 1. The molecular formula is C16H27N3. The second kappa shape index (κ2) is 8.28. The summed E-state index contributed by atoms with van der Waals surface area (Å²) < 4.78 is 0. The average Bonchev–Trinajstić information content (AvgIpc) is 2.48. The highest BCUT2D eigenvalue weighted by Crippen LogP contribution is 2.17. The molecule has 1 aromatic heterocycles. The van der Waals surface area contributed by atoms with Gasteiger partial charge in [0, 0.05) is 38.1 Å². The van der Waals surface area contributed by atoms with Crippen molar-refractivity contribution in [2.75, 3.05) is 19.6 Å². The fraction of sp³-hybridized carbons (Fsp3) is 0.688. The maximum Gasteiger partial charge on any atom is 0.0271 e. The molecule has 0 radical (unpaired) electrons. The molecule has 19 heavy (non-hydrogen) atoms. The summed E-state index contributed by atoms with van der Waals surface area (Å²) in [6, 6.07) is 4.99. The van der Waals surface area contributed by atoms with Crippen molar-refractivity contribution in [1.82, 2.24) is 15.2 Å². The van der Waals surface area contributed by atoms with Gasteiger partial charge in [0.05, 0.1) is 0 Å². The van der Waals surface area contributed by atoms with E-state index in [-0.39, 0.29) is 0 Å². The molecule has 0 unspecified atom stereocenters. The maximum atomic E-state index is 4.07. The van der Waals surface area contributed by atoms with Crippen molar-refractivity contribution in [3.8, 4) is 0 Å². The molecule has 2 rings (SSSR count). The van der Waals surface area contributed by atoms with Crippen LogP contribution in [0.15, 0.2) is 24.5 Å². The van der Waals surface area contributed by atoms with Crippen LogP contribution in [0.2, 0.25) is 0 Å². The first-order valence-electron chi connectivity index (χ1n) is 7.73. The summed E-state index contributed by atoms with van der Waals surface area (Å²) >= 11 is 0. The highest BCUT2D eigenvalue weighted by atomic mass is 15.1. The molecule has 106 valence electrons. The largest absolute Gasteiger partial charge is 0.313 e. The molecule has 0 saturated heterocycles. The molecule has 1 saturated carbocycles. The zero-order valence-electron chi connectivity index (χ0n) is 12.1. The quantitative estimate of drug-likeness (QED) is 0.818. The van der Waals surface area contributed by atoms with E-state index in [1.165, 1.54) is 37.7 Å². The van der Waals surface area contributed by atoms with Crippen molar-refractivity contribution in [2.24, 2.45) is 0 Å². The van der Waals surface area contributed by atoms with E-state index in [1.54, 1.807) is 0 Å². The van der Waals surface area contributed by atoms with Crippen LogP contribution in [0.5, 0.6) is 0 Å². The van der Waals surface area contributed by atoms with Crippen LogP contribution in [0.4, 0.5) is 0 Å². The minimum absolute atomic E-state index is 0.772. The molecule has 1 heterocycles. The SMILES string of the molecule is CCN(CCNC1CCCCC1)Cc1ccncc1. The Hall–Kier alpha value is -0.930. The van der Waals surface area contributed by atoms with Gasteiger partial charge in [-0.05, 0) is 37.1 Å². The van der Waals surface area contributed by atoms with E-state index in [4.69, 9.17) is 0 Å². The summed E-state index contributed by atoms with van der Waals surface area (Å²) in [5.41, 5.74) is 1.36. The number of nitrogens with one attached hydrogen (secondary N) is 1. The number of hydrogen-bond acceptors (Lipinski definition) is 3. The molecule has 1 aliphatic rings. The molecule has 0 spiro atoms. The molecule has 3 heteroatoms. The molecule has 1 aromatic rings. The average molecular weight is 261 g/mol. The first-order chi connectivity index (χ1) is 9.38. The molecule has 0 bridgehead atoms. The number of hydrogen-bond donors (Lipinski definition) is 1. The normalized spacial score (nSPS) is 16.9. The van der Waals surface area contributed by atoms with Crippen LogP contribution in [-0.2, 0) is 6.54 Å². The Morgan fingerprint density at radius 1 is 1.21 bits per heavy atom. The van der Waals surface area contributed by atoms with E-state index in [9.17, 15) is 0 Å². The molecule has 1 aliphatic carbocycles. The number of pyridine rings is 1. The van der Waals surface area contributed by atoms with Crippen LogP contribution in [0, 0.1) is 0 Å². The molecule has 1 N–H and O–H groups in total. The van der Waals surface area contributed by atoms with Crippen molar-refractivity contribution >= 4 is 0 Å². The Labute approximate surface area is 117 Å². The zero-order valence-corrected chi connectivity index (χ0v) is 12.1. The molecular weight excluding hydrogens is 234 g/mol. The Balaban J connectivity index is 1.67. The Morgan fingerprint density at radius 3 is 2.63 bits per heavy atom. The molecule has 0 atom stereocenters. The third-order valence-corrected chi connectivity index (χ3v) is 4.07. The molecule has 0 aliphatic heterocycles. The van der Waals surface area contributed by atoms with E-state index in [0.29, 0.717) is 0 Å². The van der Waals surface area contributed by atoms with Gasteiger partial charge in [0.2, 0.25) is 0 Å². The second-order valence-corrected chi connectivity index (χ2v) is 5.51. The van der Waals surface area contributed by atoms with E-state index in [0.717, 1.165) is 32.2 Å². The monoisotopic (exact) mass is 261 g/mol. The fourth-order valence-electron chi connectivity index (χ4n) is 2.83. The minimum Gasteiger partial charge on any atom is -0.313 e. The van der Waals surface area contributed by atoms with Gasteiger partial charge < -0.3 is 5.32 Å². The predicted molar refractivity (Wildman–Crippen MR) is 80.1 cm³/mol.